The zero-order valence-electron chi connectivity index (χ0n) is 10.0. The molecule has 2 aromatic carbocycles. The van der Waals surface area contributed by atoms with Gasteiger partial charge in [-0.15, -0.1) is 0 Å². The van der Waals surface area contributed by atoms with Gasteiger partial charge in [-0.3, -0.25) is 0 Å². The van der Waals surface area contributed by atoms with Gasteiger partial charge in [-0.25, -0.2) is 0 Å². The van der Waals surface area contributed by atoms with E-state index in [1.54, 1.807) is 0 Å². The van der Waals surface area contributed by atoms with Crippen molar-refractivity contribution < 1.29 is 0 Å². The lowest BCUT2D eigenvalue weighted by atomic mass is 9.96. The third-order valence-corrected chi connectivity index (χ3v) is 3.18. The predicted octanol–water partition coefficient (Wildman–Crippen LogP) is 4.15. The Morgan fingerprint density at radius 3 is 2.19 bits per heavy atom. The maximum Gasteiger partial charge on any atom is -0.00230 e. The molecular weight excluding hydrogens is 192 g/mol. The molecule has 0 bridgehead atoms. The Balaban J connectivity index is 2.28. The summed E-state index contributed by atoms with van der Waals surface area (Å²) in [4.78, 5) is 0. The van der Waals surface area contributed by atoms with Crippen molar-refractivity contribution in [1.29, 1.82) is 0 Å². The number of hydrogen-bond acceptors (Lipinski definition) is 0. The van der Waals surface area contributed by atoms with E-state index in [2.05, 4.69) is 62.4 Å². The van der Waals surface area contributed by atoms with Crippen LogP contribution in [0.15, 0.2) is 48.5 Å². The summed E-state index contributed by atoms with van der Waals surface area (Å²) >= 11 is 0. The lowest BCUT2D eigenvalue weighted by molar-refractivity contribution is 1.06. The maximum absolute atomic E-state index is 2.24. The van der Waals surface area contributed by atoms with E-state index in [-0.39, 0.29) is 0 Å². The highest BCUT2D eigenvalue weighted by Gasteiger charge is 2.02. The van der Waals surface area contributed by atoms with Crippen molar-refractivity contribution in [1.82, 2.24) is 0 Å². The molecule has 0 aromatic heterocycles. The Bertz CT molecular complexity index is 455. The standard InChI is InChI=1S/C16H18/c1-3-15-10-7-11-16(13(15)2)12-14-8-5-4-6-9-14/h4-11H,3,12H2,1-2H3. The van der Waals surface area contributed by atoms with Crippen LogP contribution in [0.3, 0.4) is 0 Å². The molecule has 0 saturated heterocycles. The van der Waals surface area contributed by atoms with E-state index in [9.17, 15) is 0 Å². The highest BCUT2D eigenvalue weighted by atomic mass is 14.1. The molecular formula is C16H18. The Morgan fingerprint density at radius 2 is 1.50 bits per heavy atom. The maximum atomic E-state index is 2.24. The molecule has 0 atom stereocenters. The highest BCUT2D eigenvalue weighted by Crippen LogP contribution is 2.17. The molecule has 0 amide bonds. The molecule has 16 heavy (non-hydrogen) atoms. The van der Waals surface area contributed by atoms with Crippen LogP contribution in [0, 0.1) is 6.92 Å². The summed E-state index contributed by atoms with van der Waals surface area (Å²) < 4.78 is 0. The Hall–Kier alpha value is -1.56. The molecule has 0 nitrogen and oxygen atoms in total. The Labute approximate surface area is 97.9 Å². The van der Waals surface area contributed by atoms with Gasteiger partial charge < -0.3 is 0 Å². The third kappa shape index (κ3) is 2.33. The fourth-order valence-electron chi connectivity index (χ4n) is 2.13. The van der Waals surface area contributed by atoms with Crippen molar-refractivity contribution in [2.24, 2.45) is 0 Å². The predicted molar refractivity (Wildman–Crippen MR) is 69.8 cm³/mol. The second-order valence-electron chi connectivity index (χ2n) is 4.22. The van der Waals surface area contributed by atoms with E-state index in [0.29, 0.717) is 0 Å². The van der Waals surface area contributed by atoms with Crippen molar-refractivity contribution in [2.75, 3.05) is 0 Å². The SMILES string of the molecule is CCc1cccc(Cc2ccccc2)c1C. The number of rotatable bonds is 3. The van der Waals surface area contributed by atoms with Crippen molar-refractivity contribution in [2.45, 2.75) is 26.7 Å². The summed E-state index contributed by atoms with van der Waals surface area (Å²) in [7, 11) is 0. The summed E-state index contributed by atoms with van der Waals surface area (Å²) in [5.74, 6) is 0. The van der Waals surface area contributed by atoms with Crippen molar-refractivity contribution in [3.05, 3.63) is 70.8 Å². The smallest absolute Gasteiger partial charge is 0.00230 e. The van der Waals surface area contributed by atoms with Gasteiger partial charge in [0.15, 0.2) is 0 Å². The van der Waals surface area contributed by atoms with E-state index >= 15 is 0 Å². The van der Waals surface area contributed by atoms with Crippen LogP contribution < -0.4 is 0 Å². The summed E-state index contributed by atoms with van der Waals surface area (Å²) in [6, 6.07) is 17.3. The van der Waals surface area contributed by atoms with E-state index in [1.807, 2.05) is 0 Å². The Morgan fingerprint density at radius 1 is 0.812 bits per heavy atom. The molecule has 0 aliphatic heterocycles. The molecule has 0 unspecified atom stereocenters. The first-order valence-electron chi connectivity index (χ1n) is 5.92. The minimum Gasteiger partial charge on any atom is -0.0622 e. The second-order valence-corrected chi connectivity index (χ2v) is 4.22. The van der Waals surface area contributed by atoms with Crippen LogP contribution in [0.4, 0.5) is 0 Å². The molecule has 2 aromatic rings. The van der Waals surface area contributed by atoms with Gasteiger partial charge in [-0.1, -0.05) is 55.5 Å². The van der Waals surface area contributed by atoms with Gasteiger partial charge in [0.05, 0.1) is 0 Å². The van der Waals surface area contributed by atoms with Gasteiger partial charge in [0.25, 0.3) is 0 Å². The molecule has 0 spiro atoms. The molecule has 0 fully saturated rings. The first kappa shape index (κ1) is 10.9. The van der Waals surface area contributed by atoms with Crippen LogP contribution in [0.5, 0.6) is 0 Å². The minimum atomic E-state index is 1.04. The van der Waals surface area contributed by atoms with Gasteiger partial charge in [0.2, 0.25) is 0 Å². The number of benzene rings is 2. The first-order valence-corrected chi connectivity index (χ1v) is 5.92. The van der Waals surface area contributed by atoms with Crippen LogP contribution in [-0.2, 0) is 12.8 Å². The van der Waals surface area contributed by atoms with Crippen LogP contribution >= 0.6 is 0 Å². The zero-order chi connectivity index (χ0) is 11.4. The summed E-state index contributed by atoms with van der Waals surface area (Å²) in [6.07, 6.45) is 2.16. The van der Waals surface area contributed by atoms with Crippen LogP contribution in [0.2, 0.25) is 0 Å². The van der Waals surface area contributed by atoms with Crippen LogP contribution in [0.1, 0.15) is 29.2 Å². The summed E-state index contributed by atoms with van der Waals surface area (Å²) in [5.41, 5.74) is 5.76. The molecule has 2 rings (SSSR count). The quantitative estimate of drug-likeness (QED) is 0.714. The fraction of sp³-hybridized carbons (Fsp3) is 0.250. The monoisotopic (exact) mass is 210 g/mol. The fourth-order valence-corrected chi connectivity index (χ4v) is 2.13. The molecule has 0 saturated carbocycles. The van der Waals surface area contributed by atoms with E-state index in [4.69, 9.17) is 0 Å². The number of hydrogen-bond donors (Lipinski definition) is 0. The van der Waals surface area contributed by atoms with E-state index in [1.165, 1.54) is 22.3 Å². The molecule has 0 aliphatic carbocycles. The molecule has 0 radical (unpaired) electrons. The Kier molecular flexibility index (Phi) is 3.40. The number of aryl methyl sites for hydroxylation is 1. The molecule has 0 N–H and O–H groups in total. The van der Waals surface area contributed by atoms with Crippen molar-refractivity contribution in [3.63, 3.8) is 0 Å². The highest BCUT2D eigenvalue weighted by molar-refractivity contribution is 5.37. The van der Waals surface area contributed by atoms with E-state index < -0.39 is 0 Å². The van der Waals surface area contributed by atoms with Gasteiger partial charge in [-0.2, -0.15) is 0 Å². The normalized spacial score (nSPS) is 10.4. The molecule has 0 aliphatic rings. The first-order chi connectivity index (χ1) is 7.81. The average Bonchev–Trinajstić information content (AvgIpc) is 2.33. The van der Waals surface area contributed by atoms with Gasteiger partial charge in [0.1, 0.15) is 0 Å². The van der Waals surface area contributed by atoms with Crippen molar-refractivity contribution >= 4 is 0 Å². The van der Waals surface area contributed by atoms with E-state index in [0.717, 1.165) is 12.8 Å². The van der Waals surface area contributed by atoms with Crippen LogP contribution in [-0.4, -0.2) is 0 Å². The summed E-state index contributed by atoms with van der Waals surface area (Å²) in [5, 5.41) is 0. The van der Waals surface area contributed by atoms with Crippen molar-refractivity contribution in [3.8, 4) is 0 Å². The lowest BCUT2D eigenvalue weighted by Gasteiger charge is -2.10. The topological polar surface area (TPSA) is 0 Å². The van der Waals surface area contributed by atoms with Gasteiger partial charge in [-0.05, 0) is 42.0 Å². The summed E-state index contributed by atoms with van der Waals surface area (Å²) in [6.45, 7) is 4.45. The van der Waals surface area contributed by atoms with Gasteiger partial charge >= 0.3 is 0 Å². The zero-order valence-corrected chi connectivity index (χ0v) is 10.0. The lowest BCUT2D eigenvalue weighted by Crippen LogP contribution is -1.95. The average molecular weight is 210 g/mol. The third-order valence-electron chi connectivity index (χ3n) is 3.18. The largest absolute Gasteiger partial charge is 0.0622 e. The van der Waals surface area contributed by atoms with Gasteiger partial charge in [0, 0.05) is 0 Å². The van der Waals surface area contributed by atoms with Crippen LogP contribution in [0.25, 0.3) is 0 Å². The molecule has 0 heterocycles. The second kappa shape index (κ2) is 4.98. The molecule has 0 heteroatoms. The molecule has 82 valence electrons. The minimum absolute atomic E-state index is 1.04.